The van der Waals surface area contributed by atoms with E-state index in [9.17, 15) is 9.50 Å². The van der Waals surface area contributed by atoms with Crippen molar-refractivity contribution in [2.45, 2.75) is 6.10 Å². The smallest absolute Gasteiger partial charge is 0.140 e. The molecule has 1 heterocycles. The van der Waals surface area contributed by atoms with Gasteiger partial charge in [0.25, 0.3) is 0 Å². The Balaban J connectivity index is 1.77. The van der Waals surface area contributed by atoms with Gasteiger partial charge in [0, 0.05) is 0 Å². The van der Waals surface area contributed by atoms with E-state index in [2.05, 4.69) is 11.8 Å². The molecule has 1 atom stereocenters. The van der Waals surface area contributed by atoms with E-state index in [4.69, 9.17) is 0 Å². The standard InChI is InChI=1S/C19H13FOS/c20-17-9-7-15(8-10-17)14-3-5-16(6-4-14)19(21)12-11-18-2-1-13-22-18/h1-10,13,19,21H. The van der Waals surface area contributed by atoms with Crippen molar-refractivity contribution in [1.29, 1.82) is 0 Å². The van der Waals surface area contributed by atoms with Gasteiger partial charge in [0.1, 0.15) is 11.9 Å². The van der Waals surface area contributed by atoms with Gasteiger partial charge in [-0.3, -0.25) is 0 Å². The van der Waals surface area contributed by atoms with Crippen molar-refractivity contribution < 1.29 is 9.50 Å². The average Bonchev–Trinajstić information content (AvgIpc) is 3.07. The fourth-order valence-electron chi connectivity index (χ4n) is 2.07. The van der Waals surface area contributed by atoms with Crippen LogP contribution in [0.4, 0.5) is 4.39 Å². The number of rotatable bonds is 2. The molecule has 0 fully saturated rings. The molecular weight excluding hydrogens is 295 g/mol. The first kappa shape index (κ1) is 14.5. The maximum absolute atomic E-state index is 12.9. The maximum atomic E-state index is 12.9. The number of hydrogen-bond acceptors (Lipinski definition) is 2. The molecule has 0 aliphatic carbocycles. The van der Waals surface area contributed by atoms with Gasteiger partial charge in [0.05, 0.1) is 4.88 Å². The molecule has 22 heavy (non-hydrogen) atoms. The molecule has 0 bridgehead atoms. The van der Waals surface area contributed by atoms with E-state index in [-0.39, 0.29) is 5.82 Å². The van der Waals surface area contributed by atoms with Crippen molar-refractivity contribution in [3.63, 3.8) is 0 Å². The SMILES string of the molecule is OC(C#Cc1cccs1)c1ccc(-c2ccc(F)cc2)cc1. The van der Waals surface area contributed by atoms with Crippen molar-refractivity contribution in [3.8, 4) is 23.0 Å². The third-order valence-electron chi connectivity index (χ3n) is 3.26. The Kier molecular flexibility index (Phi) is 4.34. The minimum atomic E-state index is -0.815. The van der Waals surface area contributed by atoms with Gasteiger partial charge in [-0.2, -0.15) is 0 Å². The summed E-state index contributed by atoms with van der Waals surface area (Å²) < 4.78 is 12.9. The van der Waals surface area contributed by atoms with Crippen molar-refractivity contribution in [1.82, 2.24) is 0 Å². The zero-order chi connectivity index (χ0) is 15.4. The molecule has 1 aromatic heterocycles. The van der Waals surface area contributed by atoms with E-state index in [0.29, 0.717) is 0 Å². The highest BCUT2D eigenvalue weighted by Crippen LogP contribution is 2.22. The monoisotopic (exact) mass is 308 g/mol. The van der Waals surface area contributed by atoms with Crippen LogP contribution < -0.4 is 0 Å². The van der Waals surface area contributed by atoms with E-state index >= 15 is 0 Å². The van der Waals surface area contributed by atoms with Gasteiger partial charge < -0.3 is 5.11 Å². The Morgan fingerprint density at radius 1 is 0.909 bits per heavy atom. The molecule has 0 amide bonds. The fraction of sp³-hybridized carbons (Fsp3) is 0.0526. The van der Waals surface area contributed by atoms with E-state index in [1.54, 1.807) is 23.5 Å². The highest BCUT2D eigenvalue weighted by Gasteiger charge is 2.04. The van der Waals surface area contributed by atoms with Gasteiger partial charge in [-0.25, -0.2) is 4.39 Å². The molecule has 1 nitrogen and oxygen atoms in total. The third-order valence-corrected chi connectivity index (χ3v) is 4.04. The predicted molar refractivity (Wildman–Crippen MR) is 88.0 cm³/mol. The molecule has 0 aliphatic heterocycles. The second-order valence-electron chi connectivity index (χ2n) is 4.78. The molecule has 1 N–H and O–H groups in total. The predicted octanol–water partition coefficient (Wildman–Crippen LogP) is 4.64. The molecule has 1 unspecified atom stereocenters. The Hall–Kier alpha value is -2.41. The van der Waals surface area contributed by atoms with Crippen LogP contribution >= 0.6 is 11.3 Å². The first-order valence-electron chi connectivity index (χ1n) is 6.81. The van der Waals surface area contributed by atoms with Gasteiger partial charge >= 0.3 is 0 Å². The summed E-state index contributed by atoms with van der Waals surface area (Å²) in [5.41, 5.74) is 2.66. The van der Waals surface area contributed by atoms with Crippen molar-refractivity contribution in [2.24, 2.45) is 0 Å². The Morgan fingerprint density at radius 2 is 1.55 bits per heavy atom. The molecule has 3 rings (SSSR count). The van der Waals surface area contributed by atoms with Crippen molar-refractivity contribution in [3.05, 3.63) is 82.3 Å². The molecule has 0 spiro atoms. The summed E-state index contributed by atoms with van der Waals surface area (Å²) in [6, 6.07) is 17.7. The van der Waals surface area contributed by atoms with Gasteiger partial charge in [-0.1, -0.05) is 54.3 Å². The van der Waals surface area contributed by atoms with E-state index in [0.717, 1.165) is 21.6 Å². The summed E-state index contributed by atoms with van der Waals surface area (Å²) >= 11 is 1.55. The lowest BCUT2D eigenvalue weighted by molar-refractivity contribution is 0.238. The molecule has 2 aromatic carbocycles. The van der Waals surface area contributed by atoms with Crippen LogP contribution in [-0.4, -0.2) is 5.11 Å². The molecular formula is C19H13FOS. The summed E-state index contributed by atoms with van der Waals surface area (Å²) in [6.07, 6.45) is -0.815. The second kappa shape index (κ2) is 6.57. The lowest BCUT2D eigenvalue weighted by Gasteiger charge is -2.06. The summed E-state index contributed by atoms with van der Waals surface area (Å²) in [6.45, 7) is 0. The van der Waals surface area contributed by atoms with Gasteiger partial charge in [0.15, 0.2) is 0 Å². The highest BCUT2D eigenvalue weighted by molar-refractivity contribution is 7.10. The van der Waals surface area contributed by atoms with Crippen molar-refractivity contribution in [2.75, 3.05) is 0 Å². The third kappa shape index (κ3) is 3.43. The quantitative estimate of drug-likeness (QED) is 0.684. The maximum Gasteiger partial charge on any atom is 0.140 e. The van der Waals surface area contributed by atoms with Crippen molar-refractivity contribution >= 4 is 11.3 Å². The van der Waals surface area contributed by atoms with Crippen LogP contribution in [0.1, 0.15) is 16.5 Å². The summed E-state index contributed by atoms with van der Waals surface area (Å²) in [7, 11) is 0. The van der Waals surface area contributed by atoms with E-state index < -0.39 is 6.10 Å². The van der Waals surface area contributed by atoms with Crippen LogP contribution in [0.5, 0.6) is 0 Å². The normalized spacial score (nSPS) is 11.5. The van der Waals surface area contributed by atoms with Gasteiger partial charge in [-0.15, -0.1) is 11.3 Å². The summed E-state index contributed by atoms with van der Waals surface area (Å²) in [5.74, 6) is 5.54. The lowest BCUT2D eigenvalue weighted by Crippen LogP contribution is -1.93. The zero-order valence-corrected chi connectivity index (χ0v) is 12.5. The number of hydrogen-bond donors (Lipinski definition) is 1. The lowest BCUT2D eigenvalue weighted by atomic mass is 10.0. The number of aliphatic hydroxyl groups excluding tert-OH is 1. The highest BCUT2D eigenvalue weighted by atomic mass is 32.1. The number of benzene rings is 2. The van der Waals surface area contributed by atoms with Crippen LogP contribution in [0.2, 0.25) is 0 Å². The second-order valence-corrected chi connectivity index (χ2v) is 5.73. The molecule has 3 heteroatoms. The molecule has 3 aromatic rings. The van der Waals surface area contributed by atoms with E-state index in [1.165, 1.54) is 12.1 Å². The van der Waals surface area contributed by atoms with Gasteiger partial charge in [0.2, 0.25) is 0 Å². The Bertz CT molecular complexity index is 793. The Morgan fingerprint density at radius 3 is 2.14 bits per heavy atom. The Labute approximate surface area is 132 Å². The molecule has 108 valence electrons. The van der Waals surface area contributed by atoms with E-state index in [1.807, 2.05) is 41.8 Å². The molecule has 0 aliphatic rings. The topological polar surface area (TPSA) is 20.2 Å². The van der Waals surface area contributed by atoms with Crippen LogP contribution in [0.15, 0.2) is 66.0 Å². The average molecular weight is 308 g/mol. The minimum absolute atomic E-state index is 0.250. The number of aliphatic hydroxyl groups is 1. The largest absolute Gasteiger partial charge is 0.376 e. The number of halogens is 1. The summed E-state index contributed by atoms with van der Waals surface area (Å²) in [5, 5.41) is 12.1. The minimum Gasteiger partial charge on any atom is -0.376 e. The first-order valence-corrected chi connectivity index (χ1v) is 7.69. The zero-order valence-electron chi connectivity index (χ0n) is 11.7. The fourth-order valence-corrected chi connectivity index (χ4v) is 2.65. The number of thiophene rings is 1. The van der Waals surface area contributed by atoms with Crippen LogP contribution in [-0.2, 0) is 0 Å². The van der Waals surface area contributed by atoms with Crippen LogP contribution in [0.3, 0.4) is 0 Å². The van der Waals surface area contributed by atoms with Crippen LogP contribution in [0, 0.1) is 17.7 Å². The first-order chi connectivity index (χ1) is 10.7. The van der Waals surface area contributed by atoms with Gasteiger partial charge in [-0.05, 0) is 40.3 Å². The molecule has 0 saturated carbocycles. The summed E-state index contributed by atoms with van der Waals surface area (Å²) in [4.78, 5) is 0.932. The molecule has 0 saturated heterocycles. The van der Waals surface area contributed by atoms with Crippen LogP contribution in [0.25, 0.3) is 11.1 Å². The molecule has 0 radical (unpaired) electrons.